The molecular formula is C33H39NO6. The largest absolute Gasteiger partial charge is 0.497 e. The van der Waals surface area contributed by atoms with Crippen molar-refractivity contribution in [2.45, 2.75) is 32.7 Å². The van der Waals surface area contributed by atoms with Crippen LogP contribution in [0, 0.1) is 0 Å². The number of esters is 1. The molecule has 7 nitrogen and oxygen atoms in total. The molecule has 7 heteroatoms. The average Bonchev–Trinajstić information content (AvgIpc) is 3.17. The molecule has 0 unspecified atom stereocenters. The molecule has 1 heterocycles. The molecule has 1 aliphatic heterocycles. The Morgan fingerprint density at radius 2 is 1.62 bits per heavy atom. The highest BCUT2D eigenvalue weighted by Crippen LogP contribution is 2.35. The average molecular weight is 546 g/mol. The van der Waals surface area contributed by atoms with E-state index in [-0.39, 0.29) is 5.97 Å². The van der Waals surface area contributed by atoms with Crippen LogP contribution in [0.2, 0.25) is 0 Å². The Morgan fingerprint density at radius 3 is 2.35 bits per heavy atom. The van der Waals surface area contributed by atoms with Crippen LogP contribution in [-0.2, 0) is 20.8 Å². The highest BCUT2D eigenvalue weighted by Gasteiger charge is 2.22. The van der Waals surface area contributed by atoms with Gasteiger partial charge in [0, 0.05) is 36.5 Å². The van der Waals surface area contributed by atoms with Gasteiger partial charge in [-0.05, 0) is 78.1 Å². The third kappa shape index (κ3) is 7.36. The summed E-state index contributed by atoms with van der Waals surface area (Å²) in [6.07, 6.45) is 4.71. The highest BCUT2D eigenvalue weighted by atomic mass is 16.5. The van der Waals surface area contributed by atoms with Crippen molar-refractivity contribution in [2.75, 3.05) is 52.6 Å². The molecule has 0 spiro atoms. The maximum Gasteiger partial charge on any atom is 0.333 e. The molecule has 40 heavy (non-hydrogen) atoms. The lowest BCUT2D eigenvalue weighted by Crippen LogP contribution is -2.25. The second-order valence-electron chi connectivity index (χ2n) is 9.62. The third-order valence-electron chi connectivity index (χ3n) is 6.97. The van der Waals surface area contributed by atoms with Crippen molar-refractivity contribution >= 4 is 17.7 Å². The molecule has 0 radical (unpaired) electrons. The Hall–Kier alpha value is -3.97. The Balaban J connectivity index is 1.57. The molecule has 212 valence electrons. The maximum atomic E-state index is 12.6. The number of benzene rings is 3. The summed E-state index contributed by atoms with van der Waals surface area (Å²) in [4.78, 5) is 14.8. The van der Waals surface area contributed by atoms with Gasteiger partial charge in [-0.25, -0.2) is 4.79 Å². The van der Waals surface area contributed by atoms with E-state index in [1.807, 2.05) is 36.4 Å². The monoisotopic (exact) mass is 545 g/mol. The van der Waals surface area contributed by atoms with Crippen molar-refractivity contribution in [2.24, 2.45) is 0 Å². The smallest absolute Gasteiger partial charge is 0.333 e. The fourth-order valence-electron chi connectivity index (χ4n) is 4.75. The molecule has 1 aliphatic rings. The number of anilines is 1. The quantitative estimate of drug-likeness (QED) is 0.179. The summed E-state index contributed by atoms with van der Waals surface area (Å²) in [7, 11) is 4.75. The molecule has 0 fully saturated rings. The molecule has 0 saturated carbocycles. The number of fused-ring (bicyclic) bond motifs is 1. The minimum Gasteiger partial charge on any atom is -0.497 e. The molecule has 0 bridgehead atoms. The number of nitrogens with zero attached hydrogens (tertiary/aromatic N) is 1. The lowest BCUT2D eigenvalue weighted by atomic mass is 10.00. The minimum absolute atomic E-state index is 0.308. The SMILES string of the molecule is CCCCOCCOc1ccc(-c2ccc3c(c2)C=C(C(=O)OC)CCN3Cc2cc(OC)ccc2OC)cc1. The first-order valence-electron chi connectivity index (χ1n) is 13.8. The zero-order valence-corrected chi connectivity index (χ0v) is 23.9. The van der Waals surface area contributed by atoms with Gasteiger partial charge in [-0.3, -0.25) is 0 Å². The standard InChI is InChI=1S/C33H39NO6/c1-5-6-17-39-18-19-40-29-10-7-24(8-11-29)25-9-13-31-27(20-25)21-26(33(35)38-4)15-16-34(31)23-28-22-30(36-2)12-14-32(28)37-3/h7-14,20-22H,5-6,15-19,23H2,1-4H3. The van der Waals surface area contributed by atoms with Crippen molar-refractivity contribution in [3.8, 4) is 28.4 Å². The lowest BCUT2D eigenvalue weighted by Gasteiger charge is -2.26. The van der Waals surface area contributed by atoms with Crippen molar-refractivity contribution in [3.63, 3.8) is 0 Å². The van der Waals surface area contributed by atoms with Gasteiger partial charge in [-0.2, -0.15) is 0 Å². The minimum atomic E-state index is -0.308. The first-order chi connectivity index (χ1) is 19.6. The van der Waals surface area contributed by atoms with Gasteiger partial charge >= 0.3 is 5.97 Å². The van der Waals surface area contributed by atoms with Gasteiger partial charge in [0.15, 0.2) is 0 Å². The molecule has 0 amide bonds. The van der Waals surface area contributed by atoms with E-state index in [0.717, 1.165) is 64.6 Å². The highest BCUT2D eigenvalue weighted by molar-refractivity contribution is 5.96. The molecule has 3 aromatic rings. The lowest BCUT2D eigenvalue weighted by molar-refractivity contribution is -0.136. The van der Waals surface area contributed by atoms with E-state index < -0.39 is 0 Å². The number of hydrogen-bond donors (Lipinski definition) is 0. The first-order valence-corrected chi connectivity index (χ1v) is 13.8. The van der Waals surface area contributed by atoms with Crippen LogP contribution in [-0.4, -0.2) is 53.7 Å². The Bertz CT molecular complexity index is 1300. The normalized spacial score (nSPS) is 12.7. The summed E-state index contributed by atoms with van der Waals surface area (Å²) in [6.45, 7) is 5.28. The van der Waals surface area contributed by atoms with Gasteiger partial charge in [0.25, 0.3) is 0 Å². The van der Waals surface area contributed by atoms with Gasteiger partial charge < -0.3 is 28.6 Å². The summed E-state index contributed by atoms with van der Waals surface area (Å²) in [6, 6.07) is 20.2. The predicted octanol–water partition coefficient (Wildman–Crippen LogP) is 6.53. The van der Waals surface area contributed by atoms with Gasteiger partial charge in [0.05, 0.1) is 27.9 Å². The molecule has 3 aromatic carbocycles. The van der Waals surface area contributed by atoms with E-state index in [4.69, 9.17) is 23.7 Å². The number of carbonyl (C=O) groups excluding carboxylic acids is 1. The molecule has 0 atom stereocenters. The number of rotatable bonds is 13. The van der Waals surface area contributed by atoms with Crippen LogP contribution in [0.25, 0.3) is 17.2 Å². The maximum absolute atomic E-state index is 12.6. The summed E-state index contributed by atoms with van der Waals surface area (Å²) in [5, 5.41) is 0. The fourth-order valence-corrected chi connectivity index (χ4v) is 4.75. The molecule has 0 aliphatic carbocycles. The Kier molecular flexibility index (Phi) is 10.5. The van der Waals surface area contributed by atoms with E-state index in [1.165, 1.54) is 7.11 Å². The molecular weight excluding hydrogens is 506 g/mol. The molecule has 0 saturated heterocycles. The van der Waals surface area contributed by atoms with E-state index in [9.17, 15) is 4.79 Å². The fraction of sp³-hybridized carbons (Fsp3) is 0.364. The van der Waals surface area contributed by atoms with Gasteiger partial charge in [0.2, 0.25) is 0 Å². The summed E-state index contributed by atoms with van der Waals surface area (Å²) in [5.74, 6) is 2.06. The predicted molar refractivity (Wildman–Crippen MR) is 158 cm³/mol. The molecule has 0 N–H and O–H groups in total. The van der Waals surface area contributed by atoms with Crippen molar-refractivity contribution in [1.82, 2.24) is 0 Å². The van der Waals surface area contributed by atoms with Crippen LogP contribution in [0.1, 0.15) is 37.3 Å². The summed E-state index contributed by atoms with van der Waals surface area (Å²) < 4.78 is 27.6. The molecule has 0 aromatic heterocycles. The van der Waals surface area contributed by atoms with E-state index in [1.54, 1.807) is 14.2 Å². The van der Waals surface area contributed by atoms with E-state index in [2.05, 4.69) is 42.2 Å². The van der Waals surface area contributed by atoms with Crippen molar-refractivity contribution in [1.29, 1.82) is 0 Å². The van der Waals surface area contributed by atoms with Crippen LogP contribution in [0.4, 0.5) is 5.69 Å². The van der Waals surface area contributed by atoms with Crippen molar-refractivity contribution in [3.05, 3.63) is 77.4 Å². The number of unbranched alkanes of at least 4 members (excludes halogenated alkanes) is 1. The van der Waals surface area contributed by atoms with Gasteiger partial charge in [0.1, 0.15) is 23.9 Å². The van der Waals surface area contributed by atoms with Crippen molar-refractivity contribution < 1.29 is 28.5 Å². The third-order valence-corrected chi connectivity index (χ3v) is 6.97. The van der Waals surface area contributed by atoms with E-state index >= 15 is 0 Å². The van der Waals surface area contributed by atoms with Crippen LogP contribution >= 0.6 is 0 Å². The van der Waals surface area contributed by atoms with Crippen LogP contribution in [0.5, 0.6) is 17.2 Å². The van der Waals surface area contributed by atoms with Crippen LogP contribution in [0.3, 0.4) is 0 Å². The van der Waals surface area contributed by atoms with Crippen LogP contribution < -0.4 is 19.1 Å². The number of ether oxygens (including phenoxy) is 5. The Labute approximate surface area is 237 Å². The van der Waals surface area contributed by atoms with E-state index in [0.29, 0.717) is 38.3 Å². The second-order valence-corrected chi connectivity index (χ2v) is 9.62. The van der Waals surface area contributed by atoms with Crippen LogP contribution in [0.15, 0.2) is 66.2 Å². The van der Waals surface area contributed by atoms with Gasteiger partial charge in [-0.1, -0.05) is 31.5 Å². The molecule has 4 rings (SSSR count). The summed E-state index contributed by atoms with van der Waals surface area (Å²) >= 11 is 0. The first kappa shape index (κ1) is 29.0. The zero-order valence-electron chi connectivity index (χ0n) is 23.9. The summed E-state index contributed by atoms with van der Waals surface area (Å²) in [5.41, 5.74) is 5.76. The number of methoxy groups -OCH3 is 3. The Morgan fingerprint density at radius 1 is 0.850 bits per heavy atom. The zero-order chi connectivity index (χ0) is 28.3. The van der Waals surface area contributed by atoms with Gasteiger partial charge in [-0.15, -0.1) is 0 Å². The second kappa shape index (κ2) is 14.4. The topological polar surface area (TPSA) is 66.5 Å². The number of carbonyl (C=O) groups is 1. The number of hydrogen-bond acceptors (Lipinski definition) is 7.